The molecule has 0 atom stereocenters. The number of nitrogens with one attached hydrogen (secondary N) is 2. The molecule has 1 heterocycles. The van der Waals surface area contributed by atoms with E-state index in [0.29, 0.717) is 28.3 Å². The van der Waals surface area contributed by atoms with Gasteiger partial charge in [-0.3, -0.25) is 4.79 Å². The molecule has 2 aliphatic rings. The Morgan fingerprint density at radius 2 is 1.76 bits per heavy atom. The summed E-state index contributed by atoms with van der Waals surface area (Å²) in [6.45, 7) is 2.04. The van der Waals surface area contributed by atoms with Crippen molar-refractivity contribution in [1.29, 1.82) is 0 Å². The van der Waals surface area contributed by atoms with E-state index in [1.54, 1.807) is 18.2 Å². The van der Waals surface area contributed by atoms with Crippen molar-refractivity contribution in [3.05, 3.63) is 71.5 Å². The Labute approximate surface area is 197 Å². The maximum atomic E-state index is 14.6. The van der Waals surface area contributed by atoms with Crippen molar-refractivity contribution in [2.24, 2.45) is 0 Å². The average molecular weight is 483 g/mol. The molecule has 5 rings (SSSR count). The first-order chi connectivity index (χ1) is 16.2. The normalized spacial score (nSPS) is 15.7. The lowest BCUT2D eigenvalue weighted by molar-refractivity contribution is -0.118. The van der Waals surface area contributed by atoms with Crippen LogP contribution in [0, 0.1) is 12.7 Å². The minimum Gasteiger partial charge on any atom is -0.454 e. The summed E-state index contributed by atoms with van der Waals surface area (Å²) >= 11 is 0. The van der Waals surface area contributed by atoms with Crippen molar-refractivity contribution in [3.63, 3.8) is 0 Å². The monoisotopic (exact) mass is 482 g/mol. The first-order valence-electron chi connectivity index (χ1n) is 10.8. The molecule has 1 aliphatic heterocycles. The third-order valence-corrected chi connectivity index (χ3v) is 7.85. The number of hydrogen-bond donors (Lipinski definition) is 2. The number of sulfonamides is 1. The van der Waals surface area contributed by atoms with E-state index >= 15 is 0 Å². The summed E-state index contributed by atoms with van der Waals surface area (Å²) in [4.78, 5) is 12.8. The summed E-state index contributed by atoms with van der Waals surface area (Å²) in [5.74, 6) is 0.340. The molecule has 0 saturated heterocycles. The molecule has 1 fully saturated rings. The van der Waals surface area contributed by atoms with Gasteiger partial charge in [0.05, 0.1) is 5.41 Å². The van der Waals surface area contributed by atoms with Crippen LogP contribution >= 0.6 is 0 Å². The maximum Gasteiger partial charge on any atom is 0.243 e. The molecule has 7 nitrogen and oxygen atoms in total. The molecule has 3 aromatic carbocycles. The fraction of sp³-hybridized carbons (Fsp3) is 0.240. The Bertz CT molecular complexity index is 1420. The molecule has 0 bridgehead atoms. The standard InChI is InChI=1S/C25H23FN2O5S/c1-15-3-6-18(13-19(15)16-4-8-23(20(26)11-16)34(30,31)27-2)28-24(29)25(9-10-25)17-5-7-21-22(12-17)33-14-32-21/h3-8,11-13,27H,9-10,14H2,1-2H3,(H,28,29). The summed E-state index contributed by atoms with van der Waals surface area (Å²) in [5, 5.41) is 3.00. The number of aryl methyl sites for hydroxylation is 1. The van der Waals surface area contributed by atoms with Gasteiger partial charge in [-0.15, -0.1) is 0 Å². The number of carbonyl (C=O) groups excluding carboxylic acids is 1. The molecule has 34 heavy (non-hydrogen) atoms. The summed E-state index contributed by atoms with van der Waals surface area (Å²) in [5.41, 5.74) is 2.89. The number of carbonyl (C=O) groups is 1. The number of amides is 1. The topological polar surface area (TPSA) is 93.7 Å². The number of hydrogen-bond acceptors (Lipinski definition) is 5. The molecule has 176 valence electrons. The third-order valence-electron chi connectivity index (χ3n) is 6.41. The van der Waals surface area contributed by atoms with Gasteiger partial charge in [-0.1, -0.05) is 18.2 Å². The third kappa shape index (κ3) is 3.80. The van der Waals surface area contributed by atoms with Crippen molar-refractivity contribution in [3.8, 4) is 22.6 Å². The Morgan fingerprint density at radius 3 is 2.47 bits per heavy atom. The van der Waals surface area contributed by atoms with Crippen molar-refractivity contribution in [2.75, 3.05) is 19.2 Å². The van der Waals surface area contributed by atoms with Crippen molar-refractivity contribution >= 4 is 21.6 Å². The van der Waals surface area contributed by atoms with Gasteiger partial charge in [-0.05, 0) is 85.5 Å². The minimum absolute atomic E-state index is 0.122. The Kier molecular flexibility index (Phi) is 5.33. The van der Waals surface area contributed by atoms with Gasteiger partial charge in [0.1, 0.15) is 10.7 Å². The average Bonchev–Trinajstić information content (AvgIpc) is 3.51. The van der Waals surface area contributed by atoms with Gasteiger partial charge in [0.25, 0.3) is 0 Å². The zero-order valence-electron chi connectivity index (χ0n) is 18.6. The Balaban J connectivity index is 1.41. The van der Waals surface area contributed by atoms with Gasteiger partial charge in [0.2, 0.25) is 22.7 Å². The highest BCUT2D eigenvalue weighted by Crippen LogP contribution is 2.51. The van der Waals surface area contributed by atoms with Gasteiger partial charge < -0.3 is 14.8 Å². The van der Waals surface area contributed by atoms with Gasteiger partial charge >= 0.3 is 0 Å². The van der Waals surface area contributed by atoms with E-state index in [2.05, 4.69) is 10.0 Å². The largest absolute Gasteiger partial charge is 0.454 e. The first-order valence-corrected chi connectivity index (χ1v) is 12.3. The fourth-order valence-electron chi connectivity index (χ4n) is 4.22. The van der Waals surface area contributed by atoms with Crippen LogP contribution in [0.5, 0.6) is 11.5 Å². The predicted molar refractivity (Wildman–Crippen MR) is 125 cm³/mol. The van der Waals surface area contributed by atoms with Crippen LogP contribution in [0.2, 0.25) is 0 Å². The maximum absolute atomic E-state index is 14.6. The zero-order chi connectivity index (χ0) is 24.1. The lowest BCUT2D eigenvalue weighted by atomic mass is 9.94. The number of rotatable bonds is 6. The molecule has 0 spiro atoms. The van der Waals surface area contributed by atoms with E-state index in [9.17, 15) is 17.6 Å². The first kappa shape index (κ1) is 22.4. The summed E-state index contributed by atoms with van der Waals surface area (Å²) in [7, 11) is -2.67. The molecule has 0 radical (unpaired) electrons. The zero-order valence-corrected chi connectivity index (χ0v) is 19.5. The molecule has 0 unspecified atom stereocenters. The SMILES string of the molecule is CNS(=O)(=O)c1ccc(-c2cc(NC(=O)C3(c4ccc5c(c4)OCO5)CC3)ccc2C)cc1F. The molecule has 0 aromatic heterocycles. The van der Waals surface area contributed by atoms with Crippen LogP contribution in [-0.2, 0) is 20.2 Å². The van der Waals surface area contributed by atoms with E-state index in [0.717, 1.165) is 24.0 Å². The second-order valence-corrected chi connectivity index (χ2v) is 10.3. The van der Waals surface area contributed by atoms with E-state index in [1.165, 1.54) is 19.2 Å². The van der Waals surface area contributed by atoms with Gasteiger partial charge in [0, 0.05) is 5.69 Å². The van der Waals surface area contributed by atoms with E-state index in [4.69, 9.17) is 9.47 Å². The van der Waals surface area contributed by atoms with Crippen LogP contribution in [0.1, 0.15) is 24.0 Å². The van der Waals surface area contributed by atoms with Crippen LogP contribution in [-0.4, -0.2) is 28.2 Å². The lowest BCUT2D eigenvalue weighted by Crippen LogP contribution is -2.27. The number of anilines is 1. The number of benzene rings is 3. The molecular formula is C25H23FN2O5S. The Morgan fingerprint density at radius 1 is 1.00 bits per heavy atom. The smallest absolute Gasteiger partial charge is 0.243 e. The van der Waals surface area contributed by atoms with E-state index in [-0.39, 0.29) is 12.7 Å². The fourth-order valence-corrected chi connectivity index (χ4v) is 5.01. The summed E-state index contributed by atoms with van der Waals surface area (Å²) < 4.78 is 51.5. The molecule has 2 N–H and O–H groups in total. The molecule has 9 heteroatoms. The highest BCUT2D eigenvalue weighted by molar-refractivity contribution is 7.89. The quantitative estimate of drug-likeness (QED) is 0.552. The van der Waals surface area contributed by atoms with Crippen LogP contribution in [0.4, 0.5) is 10.1 Å². The van der Waals surface area contributed by atoms with Gasteiger partial charge in [0.15, 0.2) is 11.5 Å². The second kappa shape index (κ2) is 8.11. The number of halogens is 1. The second-order valence-electron chi connectivity index (χ2n) is 8.49. The van der Waals surface area contributed by atoms with Crippen molar-refractivity contribution in [2.45, 2.75) is 30.1 Å². The van der Waals surface area contributed by atoms with Crippen LogP contribution < -0.4 is 19.5 Å². The van der Waals surface area contributed by atoms with E-state index in [1.807, 2.05) is 31.2 Å². The molecule has 1 saturated carbocycles. The summed E-state index contributed by atoms with van der Waals surface area (Å²) in [6.07, 6.45) is 1.45. The van der Waals surface area contributed by atoms with Gasteiger partial charge in [-0.25, -0.2) is 17.5 Å². The van der Waals surface area contributed by atoms with Crippen LogP contribution in [0.15, 0.2) is 59.5 Å². The van der Waals surface area contributed by atoms with Crippen molar-refractivity contribution in [1.82, 2.24) is 4.72 Å². The molecule has 1 amide bonds. The Hall–Kier alpha value is -3.43. The highest BCUT2D eigenvalue weighted by Gasteiger charge is 2.51. The van der Waals surface area contributed by atoms with Crippen LogP contribution in [0.3, 0.4) is 0 Å². The number of fused-ring (bicyclic) bond motifs is 1. The molecular weight excluding hydrogens is 459 g/mol. The van der Waals surface area contributed by atoms with Crippen LogP contribution in [0.25, 0.3) is 11.1 Å². The van der Waals surface area contributed by atoms with Gasteiger partial charge in [-0.2, -0.15) is 0 Å². The minimum atomic E-state index is -3.90. The summed E-state index contributed by atoms with van der Waals surface area (Å²) in [6, 6.07) is 14.9. The number of ether oxygens (including phenoxy) is 2. The molecule has 1 aliphatic carbocycles. The predicted octanol–water partition coefficient (Wildman–Crippen LogP) is 4.11. The van der Waals surface area contributed by atoms with Crippen molar-refractivity contribution < 1.29 is 27.1 Å². The molecule has 3 aromatic rings. The highest BCUT2D eigenvalue weighted by atomic mass is 32.2. The van der Waals surface area contributed by atoms with E-state index < -0.39 is 26.2 Å². The lowest BCUT2D eigenvalue weighted by Gasteiger charge is -2.17.